The van der Waals surface area contributed by atoms with Crippen LogP contribution in [-0.2, 0) is 4.74 Å². The van der Waals surface area contributed by atoms with Gasteiger partial charge in [0, 0.05) is 13.4 Å². The van der Waals surface area contributed by atoms with E-state index in [1.807, 2.05) is 0 Å². The quantitative estimate of drug-likeness (QED) is 0.377. The maximum absolute atomic E-state index is 5.90. The van der Waals surface area contributed by atoms with Crippen molar-refractivity contribution in [3.05, 3.63) is 12.2 Å². The van der Waals surface area contributed by atoms with Crippen LogP contribution in [-0.4, -0.2) is 18.1 Å². The van der Waals surface area contributed by atoms with Gasteiger partial charge in [-0.25, -0.2) is 0 Å². The first-order valence-corrected chi connectivity index (χ1v) is 5.12. The van der Waals surface area contributed by atoms with E-state index in [1.54, 1.807) is 0 Å². The summed E-state index contributed by atoms with van der Waals surface area (Å²) in [6, 6.07) is 0. The Bertz CT molecular complexity index is 136. The van der Waals surface area contributed by atoms with Crippen LogP contribution in [0.1, 0.15) is 0 Å². The van der Waals surface area contributed by atoms with Crippen LogP contribution in [0.3, 0.4) is 0 Å². The van der Waals surface area contributed by atoms with E-state index in [2.05, 4.69) is 12.2 Å². The molecule has 0 spiro atoms. The molecule has 3 atom stereocenters. The van der Waals surface area contributed by atoms with Crippen molar-refractivity contribution in [3.8, 4) is 0 Å². The molecule has 8 heavy (non-hydrogen) atoms. The van der Waals surface area contributed by atoms with Gasteiger partial charge in [-0.3, -0.25) is 0 Å². The lowest BCUT2D eigenvalue weighted by molar-refractivity contribution is 0.141. The smallest absolute Gasteiger partial charge is 0.110 e. The SMILES string of the molecule is ClP1CC2C=CC1O2. The minimum atomic E-state index is -0.316. The van der Waals surface area contributed by atoms with E-state index in [0.717, 1.165) is 6.16 Å². The normalized spacial score (nSPS) is 50.9. The Morgan fingerprint density at radius 1 is 1.62 bits per heavy atom. The minimum absolute atomic E-state index is 0.289. The Labute approximate surface area is 54.2 Å². The van der Waals surface area contributed by atoms with Crippen molar-refractivity contribution in [2.45, 2.75) is 11.9 Å². The van der Waals surface area contributed by atoms with Crippen molar-refractivity contribution in [1.29, 1.82) is 0 Å². The van der Waals surface area contributed by atoms with Gasteiger partial charge in [-0.15, -0.1) is 0 Å². The molecule has 0 N–H and O–H groups in total. The van der Waals surface area contributed by atoms with Crippen LogP contribution in [0.4, 0.5) is 0 Å². The van der Waals surface area contributed by atoms with Gasteiger partial charge in [0.2, 0.25) is 0 Å². The molecule has 1 nitrogen and oxygen atoms in total. The molecule has 0 amide bonds. The van der Waals surface area contributed by atoms with Crippen molar-refractivity contribution in [2.24, 2.45) is 0 Å². The van der Waals surface area contributed by atoms with Crippen LogP contribution >= 0.6 is 18.5 Å². The van der Waals surface area contributed by atoms with E-state index >= 15 is 0 Å². The molecule has 2 rings (SSSR count). The van der Waals surface area contributed by atoms with Gasteiger partial charge in [0.25, 0.3) is 0 Å². The first kappa shape index (κ1) is 5.22. The molecule has 0 saturated carbocycles. The summed E-state index contributed by atoms with van der Waals surface area (Å²) in [4.78, 5) is 0. The van der Waals surface area contributed by atoms with Gasteiger partial charge in [-0.1, -0.05) is 23.4 Å². The van der Waals surface area contributed by atoms with Gasteiger partial charge in [0.1, 0.15) is 5.85 Å². The fourth-order valence-electron chi connectivity index (χ4n) is 1.03. The van der Waals surface area contributed by atoms with Gasteiger partial charge in [-0.2, -0.15) is 0 Å². The second-order valence-electron chi connectivity index (χ2n) is 2.03. The van der Waals surface area contributed by atoms with Gasteiger partial charge in [0.05, 0.1) is 6.10 Å². The standard InChI is InChI=1S/C5H6ClOP/c6-8-3-4-1-2-5(8)7-4/h1-2,4-5H,3H2. The number of halogens is 1. The van der Waals surface area contributed by atoms with E-state index in [4.69, 9.17) is 16.0 Å². The zero-order valence-corrected chi connectivity index (χ0v) is 5.90. The molecule has 0 aliphatic carbocycles. The van der Waals surface area contributed by atoms with E-state index in [1.165, 1.54) is 0 Å². The van der Waals surface area contributed by atoms with Gasteiger partial charge in [0.15, 0.2) is 0 Å². The van der Waals surface area contributed by atoms with E-state index in [9.17, 15) is 0 Å². The Hall–Kier alpha value is 0.420. The van der Waals surface area contributed by atoms with Crippen LogP contribution in [0, 0.1) is 0 Å². The number of hydrogen-bond donors (Lipinski definition) is 0. The van der Waals surface area contributed by atoms with Crippen LogP contribution in [0.5, 0.6) is 0 Å². The minimum Gasteiger partial charge on any atom is -0.361 e. The maximum Gasteiger partial charge on any atom is 0.110 e. The van der Waals surface area contributed by atoms with E-state index < -0.39 is 0 Å². The molecular formula is C5H6ClOP. The molecule has 1 fully saturated rings. The molecule has 44 valence electrons. The average Bonchev–Trinajstić information content (AvgIpc) is 2.23. The Kier molecular flexibility index (Phi) is 1.11. The zero-order chi connectivity index (χ0) is 5.56. The molecule has 2 bridgehead atoms. The average molecular weight is 149 g/mol. The molecule has 0 radical (unpaired) electrons. The second-order valence-corrected chi connectivity index (χ2v) is 5.01. The molecule has 2 aliphatic rings. The summed E-state index contributed by atoms with van der Waals surface area (Å²) in [5.41, 5.74) is 0. The van der Waals surface area contributed by atoms with E-state index in [-0.39, 0.29) is 13.1 Å². The number of fused-ring (bicyclic) bond motifs is 2. The first-order chi connectivity index (χ1) is 3.86. The van der Waals surface area contributed by atoms with Crippen molar-refractivity contribution < 1.29 is 4.74 Å². The fourth-order valence-corrected chi connectivity index (χ4v) is 3.10. The van der Waals surface area contributed by atoms with Crippen molar-refractivity contribution in [1.82, 2.24) is 0 Å². The van der Waals surface area contributed by atoms with E-state index in [0.29, 0.717) is 6.10 Å². The van der Waals surface area contributed by atoms with Crippen molar-refractivity contribution in [2.75, 3.05) is 6.16 Å². The second kappa shape index (κ2) is 1.70. The predicted octanol–water partition coefficient (Wildman–Crippen LogP) is 1.92. The van der Waals surface area contributed by atoms with Gasteiger partial charge in [-0.05, 0) is 0 Å². The lowest BCUT2D eigenvalue weighted by Gasteiger charge is -2.03. The van der Waals surface area contributed by atoms with Crippen molar-refractivity contribution in [3.63, 3.8) is 0 Å². The summed E-state index contributed by atoms with van der Waals surface area (Å²) in [5.74, 6) is 0.289. The third-order valence-electron chi connectivity index (χ3n) is 1.44. The highest BCUT2D eigenvalue weighted by Crippen LogP contribution is 2.56. The number of ether oxygens (including phenoxy) is 1. The van der Waals surface area contributed by atoms with Crippen LogP contribution in [0.2, 0.25) is 0 Å². The largest absolute Gasteiger partial charge is 0.361 e. The third-order valence-corrected chi connectivity index (χ3v) is 3.98. The Balaban J connectivity index is 2.23. The summed E-state index contributed by atoms with van der Waals surface area (Å²) in [6.07, 6.45) is 5.61. The molecule has 0 aromatic heterocycles. The van der Waals surface area contributed by atoms with Crippen LogP contribution < -0.4 is 0 Å². The van der Waals surface area contributed by atoms with Crippen LogP contribution in [0.15, 0.2) is 12.2 Å². The highest BCUT2D eigenvalue weighted by atomic mass is 35.7. The summed E-state index contributed by atoms with van der Waals surface area (Å²) >= 11 is 5.90. The molecule has 3 unspecified atom stereocenters. The molecule has 2 aliphatic heterocycles. The monoisotopic (exact) mass is 148 g/mol. The fraction of sp³-hybridized carbons (Fsp3) is 0.600. The number of rotatable bonds is 0. The lowest BCUT2D eigenvalue weighted by atomic mass is 10.4. The molecular weight excluding hydrogens is 142 g/mol. The van der Waals surface area contributed by atoms with Gasteiger partial charge >= 0.3 is 0 Å². The third kappa shape index (κ3) is 0.621. The molecule has 2 heterocycles. The van der Waals surface area contributed by atoms with Crippen molar-refractivity contribution >= 4 is 18.5 Å². The number of hydrogen-bond acceptors (Lipinski definition) is 1. The topological polar surface area (TPSA) is 9.23 Å². The predicted molar refractivity (Wildman–Crippen MR) is 35.4 cm³/mol. The first-order valence-electron chi connectivity index (χ1n) is 2.62. The summed E-state index contributed by atoms with van der Waals surface area (Å²) in [6.45, 7) is 0. The molecule has 3 heteroatoms. The highest BCUT2D eigenvalue weighted by molar-refractivity contribution is 7.84. The maximum atomic E-state index is 5.90. The molecule has 1 saturated heterocycles. The highest BCUT2D eigenvalue weighted by Gasteiger charge is 2.35. The Morgan fingerprint density at radius 2 is 2.50 bits per heavy atom. The van der Waals surface area contributed by atoms with Crippen LogP contribution in [0.25, 0.3) is 0 Å². The summed E-state index contributed by atoms with van der Waals surface area (Å²) in [5, 5.41) is 0. The summed E-state index contributed by atoms with van der Waals surface area (Å²) < 4.78 is 5.37. The van der Waals surface area contributed by atoms with Gasteiger partial charge < -0.3 is 4.74 Å². The zero-order valence-electron chi connectivity index (χ0n) is 4.25. The lowest BCUT2D eigenvalue weighted by Crippen LogP contribution is -1.99. The summed E-state index contributed by atoms with van der Waals surface area (Å²) in [7, 11) is -0.316. The Morgan fingerprint density at radius 3 is 2.75 bits per heavy atom. The molecule has 0 aromatic rings. The molecule has 0 aromatic carbocycles.